The van der Waals surface area contributed by atoms with Gasteiger partial charge in [0, 0.05) is 23.9 Å². The van der Waals surface area contributed by atoms with Crippen molar-refractivity contribution in [2.45, 2.75) is 23.8 Å². The van der Waals surface area contributed by atoms with Gasteiger partial charge >= 0.3 is 0 Å². The number of carbonyl (C=O) groups is 1. The number of rotatable bonds is 7. The monoisotopic (exact) mass is 488 g/mol. The van der Waals surface area contributed by atoms with Crippen molar-refractivity contribution in [1.82, 2.24) is 9.62 Å². The molecule has 1 saturated heterocycles. The predicted octanol–water partition coefficient (Wildman–Crippen LogP) is 4.20. The summed E-state index contributed by atoms with van der Waals surface area (Å²) in [6.07, 6.45) is 0.865. The lowest BCUT2D eigenvalue weighted by Gasteiger charge is -2.31. The van der Waals surface area contributed by atoms with E-state index >= 15 is 0 Å². The Labute approximate surface area is 197 Å². The first-order valence-electron chi connectivity index (χ1n) is 10.6. The molecule has 174 valence electrons. The molecule has 4 rings (SSSR count). The van der Waals surface area contributed by atoms with Gasteiger partial charge in [0.15, 0.2) is 0 Å². The Hall–Kier alpha value is -2.75. The second-order valence-corrected chi connectivity index (χ2v) is 10.8. The van der Waals surface area contributed by atoms with Crippen LogP contribution in [0, 0.1) is 11.7 Å². The lowest BCUT2D eigenvalue weighted by molar-refractivity contribution is -0.126. The largest absolute Gasteiger partial charge is 0.497 e. The van der Waals surface area contributed by atoms with E-state index in [0.29, 0.717) is 18.6 Å². The van der Waals surface area contributed by atoms with Gasteiger partial charge in [0.2, 0.25) is 15.9 Å². The van der Waals surface area contributed by atoms with Crippen molar-refractivity contribution >= 4 is 27.3 Å². The fourth-order valence-corrected chi connectivity index (χ4v) is 6.22. The van der Waals surface area contributed by atoms with Gasteiger partial charge in [-0.1, -0.05) is 18.2 Å². The number of nitrogens with one attached hydrogen (secondary N) is 1. The third-order valence-corrected chi connectivity index (χ3v) is 8.69. The maximum Gasteiger partial charge on any atom is 0.243 e. The highest BCUT2D eigenvalue weighted by molar-refractivity contribution is 7.89. The second-order valence-electron chi connectivity index (χ2n) is 7.86. The first-order chi connectivity index (χ1) is 15.9. The molecule has 9 heteroatoms. The molecule has 33 heavy (non-hydrogen) atoms. The van der Waals surface area contributed by atoms with Crippen LogP contribution in [0.5, 0.6) is 5.75 Å². The summed E-state index contributed by atoms with van der Waals surface area (Å²) in [6.45, 7) is 0.541. The van der Waals surface area contributed by atoms with E-state index in [0.717, 1.165) is 10.4 Å². The first kappa shape index (κ1) is 23.4. The predicted molar refractivity (Wildman–Crippen MR) is 125 cm³/mol. The van der Waals surface area contributed by atoms with Gasteiger partial charge in [0.25, 0.3) is 0 Å². The average Bonchev–Trinajstić information content (AvgIpc) is 3.38. The topological polar surface area (TPSA) is 75.7 Å². The van der Waals surface area contributed by atoms with E-state index < -0.39 is 10.0 Å². The van der Waals surface area contributed by atoms with Crippen LogP contribution in [0.4, 0.5) is 4.39 Å². The molecule has 0 aliphatic carbocycles. The SMILES string of the molecule is COc1ccc(S(=O)(=O)N2CCC(C(=O)NC(c3ccc(F)cc3)c3cccs3)CC2)cc1. The zero-order valence-electron chi connectivity index (χ0n) is 18.1. The molecular weight excluding hydrogens is 463 g/mol. The van der Waals surface area contributed by atoms with Crippen molar-refractivity contribution in [2.75, 3.05) is 20.2 Å². The smallest absolute Gasteiger partial charge is 0.243 e. The molecule has 0 bridgehead atoms. The number of hydrogen-bond donors (Lipinski definition) is 1. The Morgan fingerprint density at radius 2 is 1.76 bits per heavy atom. The fourth-order valence-electron chi connectivity index (χ4n) is 3.94. The van der Waals surface area contributed by atoms with Gasteiger partial charge in [0.05, 0.1) is 18.0 Å². The molecule has 6 nitrogen and oxygen atoms in total. The number of piperidine rings is 1. The van der Waals surface area contributed by atoms with Crippen molar-refractivity contribution in [3.05, 3.63) is 82.3 Å². The van der Waals surface area contributed by atoms with Crippen LogP contribution in [-0.4, -0.2) is 38.8 Å². The van der Waals surface area contributed by atoms with Crippen molar-refractivity contribution in [1.29, 1.82) is 0 Å². The zero-order valence-corrected chi connectivity index (χ0v) is 19.7. The minimum absolute atomic E-state index is 0.126. The van der Waals surface area contributed by atoms with Gasteiger partial charge in [0.1, 0.15) is 11.6 Å². The van der Waals surface area contributed by atoms with E-state index in [-0.39, 0.29) is 41.7 Å². The van der Waals surface area contributed by atoms with Crippen LogP contribution in [0.15, 0.2) is 70.9 Å². The van der Waals surface area contributed by atoms with Crippen LogP contribution in [0.25, 0.3) is 0 Å². The Morgan fingerprint density at radius 3 is 2.33 bits per heavy atom. The molecule has 1 fully saturated rings. The number of nitrogens with zero attached hydrogens (tertiary/aromatic N) is 1. The Morgan fingerprint density at radius 1 is 1.09 bits per heavy atom. The Kier molecular flexibility index (Phi) is 7.11. The van der Waals surface area contributed by atoms with Crippen molar-refractivity contribution in [2.24, 2.45) is 5.92 Å². The highest BCUT2D eigenvalue weighted by atomic mass is 32.2. The number of halogens is 1. The highest BCUT2D eigenvalue weighted by Gasteiger charge is 2.33. The second kappa shape index (κ2) is 10.0. The fraction of sp³-hybridized carbons (Fsp3) is 0.292. The van der Waals surface area contributed by atoms with Crippen molar-refractivity contribution < 1.29 is 22.3 Å². The minimum atomic E-state index is -3.63. The van der Waals surface area contributed by atoms with Gasteiger partial charge in [-0.15, -0.1) is 11.3 Å². The summed E-state index contributed by atoms with van der Waals surface area (Å²) in [4.78, 5) is 14.2. The highest BCUT2D eigenvalue weighted by Crippen LogP contribution is 2.29. The molecular formula is C24H25FN2O4S2. The molecule has 1 aliphatic heterocycles. The van der Waals surface area contributed by atoms with E-state index in [9.17, 15) is 17.6 Å². The molecule has 1 N–H and O–H groups in total. The summed E-state index contributed by atoms with van der Waals surface area (Å²) in [5, 5.41) is 5.02. The molecule has 3 aromatic rings. The summed E-state index contributed by atoms with van der Waals surface area (Å²) < 4.78 is 45.8. The number of benzene rings is 2. The third kappa shape index (κ3) is 5.26. The van der Waals surface area contributed by atoms with Gasteiger partial charge in [-0.05, 0) is 66.2 Å². The maximum absolute atomic E-state index is 13.4. The van der Waals surface area contributed by atoms with Crippen molar-refractivity contribution in [3.63, 3.8) is 0 Å². The molecule has 1 unspecified atom stereocenters. The third-order valence-electron chi connectivity index (χ3n) is 5.84. The Balaban J connectivity index is 1.42. The normalized spacial score (nSPS) is 16.3. The van der Waals surface area contributed by atoms with Crippen LogP contribution in [0.2, 0.25) is 0 Å². The average molecular weight is 489 g/mol. The summed E-state index contributed by atoms with van der Waals surface area (Å²) >= 11 is 1.52. The van der Waals surface area contributed by atoms with Gasteiger partial charge in [-0.3, -0.25) is 4.79 Å². The Bertz CT molecular complexity index is 1170. The number of ether oxygens (including phenoxy) is 1. The molecule has 1 aromatic heterocycles. The van der Waals surface area contributed by atoms with Crippen LogP contribution in [0.3, 0.4) is 0 Å². The van der Waals surface area contributed by atoms with Crippen LogP contribution in [0.1, 0.15) is 29.3 Å². The number of thiophene rings is 1. The van der Waals surface area contributed by atoms with Crippen LogP contribution < -0.4 is 10.1 Å². The summed E-state index contributed by atoms with van der Waals surface area (Å²) in [7, 11) is -2.10. The van der Waals surface area contributed by atoms with E-state index in [1.165, 1.54) is 47.0 Å². The molecule has 2 heterocycles. The molecule has 1 amide bonds. The molecule has 1 atom stereocenters. The number of hydrogen-bond acceptors (Lipinski definition) is 5. The van der Waals surface area contributed by atoms with E-state index in [1.54, 1.807) is 24.3 Å². The molecule has 0 saturated carbocycles. The lowest BCUT2D eigenvalue weighted by atomic mass is 9.96. The quantitative estimate of drug-likeness (QED) is 0.541. The molecule has 2 aromatic carbocycles. The standard InChI is InChI=1S/C24H25FN2O4S2/c1-31-20-8-10-21(11-9-20)33(29,30)27-14-12-18(13-15-27)24(28)26-23(22-3-2-16-32-22)17-4-6-19(25)7-5-17/h2-11,16,18,23H,12-15H2,1H3,(H,26,28). The van der Waals surface area contributed by atoms with Crippen LogP contribution in [-0.2, 0) is 14.8 Å². The molecule has 1 aliphatic rings. The first-order valence-corrected chi connectivity index (χ1v) is 12.9. The van der Waals surface area contributed by atoms with E-state index in [4.69, 9.17) is 4.74 Å². The number of amides is 1. The number of sulfonamides is 1. The van der Waals surface area contributed by atoms with Gasteiger partial charge < -0.3 is 10.1 Å². The maximum atomic E-state index is 13.4. The van der Waals surface area contributed by atoms with E-state index in [1.807, 2.05) is 17.5 Å². The van der Waals surface area contributed by atoms with Crippen molar-refractivity contribution in [3.8, 4) is 5.75 Å². The van der Waals surface area contributed by atoms with Crippen LogP contribution >= 0.6 is 11.3 Å². The minimum Gasteiger partial charge on any atom is -0.497 e. The summed E-state index contributed by atoms with van der Waals surface area (Å²) in [5.74, 6) is -0.166. The van der Waals surface area contributed by atoms with Gasteiger partial charge in [-0.25, -0.2) is 12.8 Å². The number of carbonyl (C=O) groups excluding carboxylic acids is 1. The summed E-state index contributed by atoms with van der Waals surface area (Å²) in [5.41, 5.74) is 0.798. The van der Waals surface area contributed by atoms with Gasteiger partial charge in [-0.2, -0.15) is 4.31 Å². The zero-order chi connectivity index (χ0) is 23.4. The molecule has 0 spiro atoms. The molecule has 0 radical (unpaired) electrons. The van der Waals surface area contributed by atoms with E-state index in [2.05, 4.69) is 5.32 Å². The number of methoxy groups -OCH3 is 1. The lowest BCUT2D eigenvalue weighted by Crippen LogP contribution is -2.43. The summed E-state index contributed by atoms with van der Waals surface area (Å²) in [6, 6.07) is 15.9.